The molecule has 94 valence electrons. The van der Waals surface area contributed by atoms with E-state index >= 15 is 0 Å². The van der Waals surface area contributed by atoms with Crippen LogP contribution >= 0.6 is 0 Å². The summed E-state index contributed by atoms with van der Waals surface area (Å²) < 4.78 is 2.21. The molecular formula is C12H18N2O3. The van der Waals surface area contributed by atoms with Gasteiger partial charge in [0.1, 0.15) is 0 Å². The second kappa shape index (κ2) is 4.69. The van der Waals surface area contributed by atoms with Crippen LogP contribution in [0, 0.1) is 11.8 Å². The molecule has 0 spiro atoms. The SMILES string of the molecule is CC(C)C(C)C(=O)c1cn(C)c(=O)n(C)c1=O. The minimum Gasteiger partial charge on any atom is -0.303 e. The molecule has 0 radical (unpaired) electrons. The van der Waals surface area contributed by atoms with Crippen molar-refractivity contribution in [2.45, 2.75) is 20.8 Å². The lowest BCUT2D eigenvalue weighted by atomic mass is 9.91. The van der Waals surface area contributed by atoms with Crippen molar-refractivity contribution in [1.82, 2.24) is 9.13 Å². The predicted molar refractivity (Wildman–Crippen MR) is 65.3 cm³/mol. The summed E-state index contributed by atoms with van der Waals surface area (Å²) in [6.45, 7) is 5.64. The van der Waals surface area contributed by atoms with Crippen molar-refractivity contribution in [3.05, 3.63) is 32.6 Å². The molecule has 1 heterocycles. The number of hydrogen-bond acceptors (Lipinski definition) is 3. The van der Waals surface area contributed by atoms with Crippen LogP contribution in [0.3, 0.4) is 0 Å². The molecule has 0 aromatic carbocycles. The summed E-state index contributed by atoms with van der Waals surface area (Å²) in [4.78, 5) is 35.4. The summed E-state index contributed by atoms with van der Waals surface area (Å²) in [7, 11) is 2.90. The number of aromatic nitrogens is 2. The summed E-state index contributed by atoms with van der Waals surface area (Å²) >= 11 is 0. The molecule has 0 aliphatic heterocycles. The Kier molecular flexibility index (Phi) is 3.70. The Balaban J connectivity index is 3.40. The fraction of sp³-hybridized carbons (Fsp3) is 0.583. The van der Waals surface area contributed by atoms with E-state index in [4.69, 9.17) is 0 Å². The molecule has 0 saturated heterocycles. The topological polar surface area (TPSA) is 61.1 Å². The van der Waals surface area contributed by atoms with Crippen LogP contribution in [0.15, 0.2) is 15.8 Å². The molecule has 0 aliphatic carbocycles. The van der Waals surface area contributed by atoms with Gasteiger partial charge in [0, 0.05) is 26.2 Å². The first-order valence-electron chi connectivity index (χ1n) is 5.58. The maximum atomic E-state index is 12.1. The average Bonchev–Trinajstić information content (AvgIpc) is 2.29. The van der Waals surface area contributed by atoms with Gasteiger partial charge in [-0.1, -0.05) is 20.8 Å². The number of aryl methyl sites for hydroxylation is 1. The molecule has 1 aromatic heterocycles. The summed E-state index contributed by atoms with van der Waals surface area (Å²) in [5.74, 6) is -0.291. The highest BCUT2D eigenvalue weighted by molar-refractivity contribution is 5.97. The Labute approximate surface area is 99.7 Å². The van der Waals surface area contributed by atoms with Gasteiger partial charge in [0.25, 0.3) is 5.56 Å². The molecule has 1 rings (SSSR count). The van der Waals surface area contributed by atoms with Crippen molar-refractivity contribution >= 4 is 5.78 Å². The molecule has 0 fully saturated rings. The summed E-state index contributed by atoms with van der Waals surface area (Å²) in [5.41, 5.74) is -0.870. The van der Waals surface area contributed by atoms with E-state index in [0.717, 1.165) is 4.57 Å². The number of carbonyl (C=O) groups excluding carboxylic acids is 1. The lowest BCUT2D eigenvalue weighted by molar-refractivity contribution is 0.0896. The fourth-order valence-corrected chi connectivity index (χ4v) is 1.53. The van der Waals surface area contributed by atoms with Gasteiger partial charge in [-0.05, 0) is 5.92 Å². The van der Waals surface area contributed by atoms with Gasteiger partial charge in [-0.15, -0.1) is 0 Å². The summed E-state index contributed by atoms with van der Waals surface area (Å²) in [6.07, 6.45) is 1.33. The highest BCUT2D eigenvalue weighted by Crippen LogP contribution is 2.14. The van der Waals surface area contributed by atoms with Gasteiger partial charge in [0.15, 0.2) is 5.78 Å². The zero-order valence-corrected chi connectivity index (χ0v) is 10.9. The third-order valence-electron chi connectivity index (χ3n) is 3.13. The number of rotatable bonds is 3. The van der Waals surface area contributed by atoms with Gasteiger partial charge >= 0.3 is 5.69 Å². The van der Waals surface area contributed by atoms with Crippen LogP contribution in [0.5, 0.6) is 0 Å². The molecule has 1 aromatic rings. The molecule has 0 amide bonds. The fourth-order valence-electron chi connectivity index (χ4n) is 1.53. The number of Topliss-reactive ketones (excluding diaryl/α,β-unsaturated/α-hetero) is 1. The first-order chi connectivity index (χ1) is 7.77. The second-order valence-electron chi connectivity index (χ2n) is 4.70. The van der Waals surface area contributed by atoms with Crippen LogP contribution in [0.2, 0.25) is 0 Å². The predicted octanol–water partition coefficient (Wildman–Crippen LogP) is 0.559. The minimum atomic E-state index is -0.523. The zero-order valence-electron chi connectivity index (χ0n) is 10.9. The first-order valence-corrected chi connectivity index (χ1v) is 5.58. The Hall–Kier alpha value is -1.65. The van der Waals surface area contributed by atoms with Crippen LogP contribution in [0.25, 0.3) is 0 Å². The molecule has 5 heteroatoms. The normalized spacial score (nSPS) is 12.8. The molecule has 1 atom stereocenters. The van der Waals surface area contributed by atoms with Crippen molar-refractivity contribution in [2.24, 2.45) is 25.9 Å². The highest BCUT2D eigenvalue weighted by Gasteiger charge is 2.22. The van der Waals surface area contributed by atoms with E-state index in [9.17, 15) is 14.4 Å². The number of hydrogen-bond donors (Lipinski definition) is 0. The minimum absolute atomic E-state index is 0.0794. The standard InChI is InChI=1S/C12H18N2O3/c1-7(2)8(3)10(15)9-6-13(4)12(17)14(5)11(9)16/h6-8H,1-5H3. The Morgan fingerprint density at radius 2 is 1.71 bits per heavy atom. The van der Waals surface area contributed by atoms with Gasteiger partial charge in [-0.25, -0.2) is 4.79 Å². The van der Waals surface area contributed by atoms with E-state index in [1.54, 1.807) is 6.92 Å². The molecule has 17 heavy (non-hydrogen) atoms. The van der Waals surface area contributed by atoms with Crippen LogP contribution in [0.1, 0.15) is 31.1 Å². The van der Waals surface area contributed by atoms with Gasteiger partial charge in [-0.3, -0.25) is 14.2 Å². The molecule has 1 unspecified atom stereocenters. The summed E-state index contributed by atoms with van der Waals surface area (Å²) in [6, 6.07) is 0. The monoisotopic (exact) mass is 238 g/mol. The van der Waals surface area contributed by atoms with Crippen LogP contribution in [-0.4, -0.2) is 14.9 Å². The van der Waals surface area contributed by atoms with Gasteiger partial charge in [0.2, 0.25) is 0 Å². The summed E-state index contributed by atoms with van der Waals surface area (Å²) in [5, 5.41) is 0. The smallest absolute Gasteiger partial charge is 0.303 e. The number of ketones is 1. The maximum Gasteiger partial charge on any atom is 0.330 e. The lowest BCUT2D eigenvalue weighted by Crippen LogP contribution is -2.40. The van der Waals surface area contributed by atoms with E-state index in [2.05, 4.69) is 0 Å². The van der Waals surface area contributed by atoms with E-state index in [1.165, 1.54) is 24.9 Å². The average molecular weight is 238 g/mol. The van der Waals surface area contributed by atoms with Gasteiger partial charge in [-0.2, -0.15) is 0 Å². The van der Waals surface area contributed by atoms with E-state index < -0.39 is 11.2 Å². The van der Waals surface area contributed by atoms with Crippen molar-refractivity contribution in [1.29, 1.82) is 0 Å². The number of nitrogens with zero attached hydrogens (tertiary/aromatic N) is 2. The zero-order chi connectivity index (χ0) is 13.3. The third-order valence-corrected chi connectivity index (χ3v) is 3.13. The van der Waals surface area contributed by atoms with Crippen molar-refractivity contribution in [3.63, 3.8) is 0 Å². The molecule has 0 aliphatic rings. The molecule has 0 saturated carbocycles. The van der Waals surface area contributed by atoms with E-state index in [-0.39, 0.29) is 23.2 Å². The Morgan fingerprint density at radius 3 is 2.18 bits per heavy atom. The van der Waals surface area contributed by atoms with E-state index in [1.807, 2.05) is 13.8 Å². The quantitative estimate of drug-likeness (QED) is 0.723. The Bertz CT molecular complexity index is 552. The number of carbonyl (C=O) groups is 1. The first kappa shape index (κ1) is 13.4. The van der Waals surface area contributed by atoms with Crippen LogP contribution < -0.4 is 11.2 Å². The largest absolute Gasteiger partial charge is 0.330 e. The highest BCUT2D eigenvalue weighted by atomic mass is 16.2. The van der Waals surface area contributed by atoms with Gasteiger partial charge in [0.05, 0.1) is 5.56 Å². The van der Waals surface area contributed by atoms with E-state index in [0.29, 0.717) is 0 Å². The molecule has 0 bridgehead atoms. The molecular weight excluding hydrogens is 220 g/mol. The third kappa shape index (κ3) is 2.38. The maximum absolute atomic E-state index is 12.1. The van der Waals surface area contributed by atoms with Crippen LogP contribution in [0.4, 0.5) is 0 Å². The van der Waals surface area contributed by atoms with Crippen LogP contribution in [-0.2, 0) is 14.1 Å². The van der Waals surface area contributed by atoms with Gasteiger partial charge < -0.3 is 4.57 Å². The van der Waals surface area contributed by atoms with Crippen molar-refractivity contribution in [2.75, 3.05) is 0 Å². The van der Waals surface area contributed by atoms with Crippen molar-refractivity contribution in [3.8, 4) is 0 Å². The lowest BCUT2D eigenvalue weighted by Gasteiger charge is -2.14. The van der Waals surface area contributed by atoms with Crippen molar-refractivity contribution < 1.29 is 4.79 Å². The molecule has 5 nitrogen and oxygen atoms in total. The Morgan fingerprint density at radius 1 is 1.18 bits per heavy atom. The second-order valence-corrected chi connectivity index (χ2v) is 4.70. The molecule has 0 N–H and O–H groups in total.